The Hall–Kier alpha value is -1.36. The van der Waals surface area contributed by atoms with E-state index >= 15 is 0 Å². The molecule has 13 heavy (non-hydrogen) atoms. The van der Waals surface area contributed by atoms with Crippen LogP contribution < -0.4 is 5.69 Å². The second-order valence-electron chi connectivity index (χ2n) is 2.80. The van der Waals surface area contributed by atoms with Gasteiger partial charge in [0, 0.05) is 24.8 Å². The molecule has 5 heteroatoms. The van der Waals surface area contributed by atoms with E-state index in [2.05, 4.69) is 4.98 Å². The Morgan fingerprint density at radius 3 is 2.92 bits per heavy atom. The van der Waals surface area contributed by atoms with Crippen molar-refractivity contribution in [3.63, 3.8) is 0 Å². The molecule has 0 bridgehead atoms. The minimum Gasteiger partial charge on any atom is -0.302 e. The average Bonchev–Trinajstić information content (AvgIpc) is 2.71. The second-order valence-corrected chi connectivity index (χ2v) is 3.52. The van der Waals surface area contributed by atoms with Gasteiger partial charge < -0.3 is 4.57 Å². The van der Waals surface area contributed by atoms with Crippen molar-refractivity contribution in [1.29, 1.82) is 0 Å². The van der Waals surface area contributed by atoms with Gasteiger partial charge in [0.05, 0.1) is 17.7 Å². The van der Waals surface area contributed by atoms with E-state index in [4.69, 9.17) is 0 Å². The molecule has 0 aliphatic carbocycles. The smallest absolute Gasteiger partial charge is 0.302 e. The molecule has 0 fully saturated rings. The van der Waals surface area contributed by atoms with Crippen molar-refractivity contribution < 1.29 is 0 Å². The number of rotatable bonds is 2. The summed E-state index contributed by atoms with van der Waals surface area (Å²) in [7, 11) is 1.74. The Balaban J connectivity index is 2.29. The Labute approximate surface area is 79.1 Å². The highest BCUT2D eigenvalue weighted by molar-refractivity contribution is 7.07. The fourth-order valence-electron chi connectivity index (χ4n) is 1.12. The molecule has 0 amide bonds. The Morgan fingerprint density at radius 1 is 1.54 bits per heavy atom. The predicted molar refractivity (Wildman–Crippen MR) is 50.9 cm³/mol. The van der Waals surface area contributed by atoms with Crippen LogP contribution in [0.4, 0.5) is 0 Å². The van der Waals surface area contributed by atoms with Crippen molar-refractivity contribution >= 4 is 11.3 Å². The molecule has 68 valence electrons. The predicted octanol–water partition coefficient (Wildman–Crippen LogP) is 0.692. The summed E-state index contributed by atoms with van der Waals surface area (Å²) < 4.78 is 3.18. The molecule has 4 nitrogen and oxygen atoms in total. The van der Waals surface area contributed by atoms with Gasteiger partial charge in [-0.3, -0.25) is 4.57 Å². The summed E-state index contributed by atoms with van der Waals surface area (Å²) in [6.45, 7) is 0.559. The Bertz CT molecular complexity index is 440. The van der Waals surface area contributed by atoms with Gasteiger partial charge in [0.1, 0.15) is 0 Å². The monoisotopic (exact) mass is 195 g/mol. The zero-order chi connectivity index (χ0) is 9.26. The molecule has 0 aliphatic heterocycles. The van der Waals surface area contributed by atoms with E-state index in [1.807, 2.05) is 5.38 Å². The number of aryl methyl sites for hydroxylation is 1. The average molecular weight is 195 g/mol. The SMILES string of the molecule is Cn1ccn(Cc2cscn2)c1=O. The zero-order valence-corrected chi connectivity index (χ0v) is 7.99. The molecular formula is C8H9N3OS. The van der Waals surface area contributed by atoms with Gasteiger partial charge in [-0.15, -0.1) is 11.3 Å². The van der Waals surface area contributed by atoms with E-state index in [1.165, 1.54) is 11.3 Å². The zero-order valence-electron chi connectivity index (χ0n) is 7.17. The molecule has 2 aromatic heterocycles. The van der Waals surface area contributed by atoms with Crippen LogP contribution in [0, 0.1) is 0 Å². The molecule has 2 aromatic rings. The normalized spacial score (nSPS) is 10.5. The summed E-state index contributed by atoms with van der Waals surface area (Å²) in [6, 6.07) is 0. The summed E-state index contributed by atoms with van der Waals surface area (Å²) >= 11 is 1.54. The summed E-state index contributed by atoms with van der Waals surface area (Å²) in [5.41, 5.74) is 2.69. The Morgan fingerprint density at radius 2 is 2.38 bits per heavy atom. The van der Waals surface area contributed by atoms with Gasteiger partial charge >= 0.3 is 5.69 Å². The molecule has 2 heterocycles. The van der Waals surface area contributed by atoms with Gasteiger partial charge in [0.15, 0.2) is 0 Å². The van der Waals surface area contributed by atoms with Crippen LogP contribution in [0.15, 0.2) is 28.1 Å². The number of thiazole rings is 1. The van der Waals surface area contributed by atoms with Gasteiger partial charge in [-0.2, -0.15) is 0 Å². The van der Waals surface area contributed by atoms with Crippen molar-refractivity contribution in [2.24, 2.45) is 7.05 Å². The standard InChI is InChI=1S/C8H9N3OS/c1-10-2-3-11(8(10)12)4-7-5-13-6-9-7/h2-3,5-6H,4H2,1H3. The summed E-state index contributed by atoms with van der Waals surface area (Å²) in [5, 5.41) is 1.94. The summed E-state index contributed by atoms with van der Waals surface area (Å²) in [4.78, 5) is 15.5. The van der Waals surface area contributed by atoms with Crippen LogP contribution >= 0.6 is 11.3 Å². The third-order valence-electron chi connectivity index (χ3n) is 1.83. The van der Waals surface area contributed by atoms with Gasteiger partial charge in [0.2, 0.25) is 0 Å². The van der Waals surface area contributed by atoms with Gasteiger partial charge in [-0.25, -0.2) is 9.78 Å². The first kappa shape index (κ1) is 8.25. The van der Waals surface area contributed by atoms with Crippen LogP contribution in [0.2, 0.25) is 0 Å². The lowest BCUT2D eigenvalue weighted by molar-refractivity contribution is 0.708. The number of hydrogen-bond donors (Lipinski definition) is 0. The van der Waals surface area contributed by atoms with E-state index in [0.29, 0.717) is 6.54 Å². The molecule has 0 saturated carbocycles. The number of aromatic nitrogens is 3. The van der Waals surface area contributed by atoms with E-state index in [-0.39, 0.29) is 5.69 Å². The molecule has 0 saturated heterocycles. The first-order chi connectivity index (χ1) is 6.27. The highest BCUT2D eigenvalue weighted by Crippen LogP contribution is 2.01. The molecule has 0 radical (unpaired) electrons. The molecule has 0 aliphatic rings. The number of hydrogen-bond acceptors (Lipinski definition) is 3. The van der Waals surface area contributed by atoms with Crippen molar-refractivity contribution in [2.45, 2.75) is 6.54 Å². The molecule has 0 atom stereocenters. The van der Waals surface area contributed by atoms with Crippen LogP contribution in [0.25, 0.3) is 0 Å². The lowest BCUT2D eigenvalue weighted by Crippen LogP contribution is -2.22. The maximum absolute atomic E-state index is 11.4. The molecular weight excluding hydrogens is 186 g/mol. The van der Waals surface area contributed by atoms with Crippen molar-refractivity contribution in [2.75, 3.05) is 0 Å². The van der Waals surface area contributed by atoms with Crippen LogP contribution in [-0.4, -0.2) is 14.1 Å². The Kier molecular flexibility index (Phi) is 2.02. The highest BCUT2D eigenvalue weighted by Gasteiger charge is 2.01. The third-order valence-corrected chi connectivity index (χ3v) is 2.47. The van der Waals surface area contributed by atoms with Crippen LogP contribution in [0.5, 0.6) is 0 Å². The lowest BCUT2D eigenvalue weighted by Gasteiger charge is -1.95. The number of imidazole rings is 1. The molecule has 0 spiro atoms. The van der Waals surface area contributed by atoms with Crippen molar-refractivity contribution in [1.82, 2.24) is 14.1 Å². The summed E-state index contributed by atoms with van der Waals surface area (Å²) in [5.74, 6) is 0. The molecule has 2 rings (SSSR count). The first-order valence-electron chi connectivity index (χ1n) is 3.86. The topological polar surface area (TPSA) is 39.8 Å². The van der Waals surface area contributed by atoms with Gasteiger partial charge in [-0.05, 0) is 0 Å². The quantitative estimate of drug-likeness (QED) is 0.707. The molecule has 0 N–H and O–H groups in total. The number of nitrogens with zero attached hydrogens (tertiary/aromatic N) is 3. The maximum Gasteiger partial charge on any atom is 0.328 e. The summed E-state index contributed by atoms with van der Waals surface area (Å²) in [6.07, 6.45) is 3.51. The van der Waals surface area contributed by atoms with Gasteiger partial charge in [-0.1, -0.05) is 0 Å². The minimum atomic E-state index is -0.00648. The van der Waals surface area contributed by atoms with Crippen molar-refractivity contribution in [3.05, 3.63) is 39.5 Å². The maximum atomic E-state index is 11.4. The highest BCUT2D eigenvalue weighted by atomic mass is 32.1. The fourth-order valence-corrected chi connectivity index (χ4v) is 1.67. The fraction of sp³-hybridized carbons (Fsp3) is 0.250. The minimum absolute atomic E-state index is 0.00648. The lowest BCUT2D eigenvalue weighted by atomic mass is 10.5. The van der Waals surface area contributed by atoms with Crippen LogP contribution in [0.3, 0.4) is 0 Å². The largest absolute Gasteiger partial charge is 0.328 e. The molecule has 0 aromatic carbocycles. The first-order valence-corrected chi connectivity index (χ1v) is 4.80. The van der Waals surface area contributed by atoms with Crippen LogP contribution in [-0.2, 0) is 13.6 Å². The van der Waals surface area contributed by atoms with E-state index < -0.39 is 0 Å². The van der Waals surface area contributed by atoms with E-state index in [0.717, 1.165) is 5.69 Å². The van der Waals surface area contributed by atoms with Gasteiger partial charge in [0.25, 0.3) is 0 Å². The second kappa shape index (κ2) is 3.18. The van der Waals surface area contributed by atoms with Crippen LogP contribution in [0.1, 0.15) is 5.69 Å². The third kappa shape index (κ3) is 1.55. The molecule has 0 unspecified atom stereocenters. The van der Waals surface area contributed by atoms with Crippen molar-refractivity contribution in [3.8, 4) is 0 Å². The van der Waals surface area contributed by atoms with E-state index in [9.17, 15) is 4.79 Å². The van der Waals surface area contributed by atoms with E-state index in [1.54, 1.807) is 34.1 Å².